The Morgan fingerprint density at radius 3 is 2.56 bits per heavy atom. The fourth-order valence-electron chi connectivity index (χ4n) is 1.54. The Labute approximate surface area is 116 Å². The van der Waals surface area contributed by atoms with Gasteiger partial charge in [-0.15, -0.1) is 24.2 Å². The van der Waals surface area contributed by atoms with E-state index in [4.69, 9.17) is 15.2 Å². The second-order valence-corrected chi connectivity index (χ2v) is 4.30. The highest BCUT2D eigenvalue weighted by Gasteiger charge is 2.16. The molecule has 2 rings (SSSR count). The number of nitrogens with one attached hydrogen (secondary N) is 1. The number of benzene rings is 1. The highest BCUT2D eigenvalue weighted by molar-refractivity contribution is 7.98. The van der Waals surface area contributed by atoms with E-state index in [1.54, 1.807) is 6.07 Å². The molecule has 0 spiro atoms. The van der Waals surface area contributed by atoms with E-state index in [-0.39, 0.29) is 24.9 Å². The molecule has 1 aliphatic heterocycles. The molecule has 3 N–H and O–H groups in total. The largest absolute Gasteiger partial charge is 0.486 e. The van der Waals surface area contributed by atoms with E-state index in [0.29, 0.717) is 30.4 Å². The molecule has 0 aliphatic carbocycles. The molecule has 1 aromatic rings. The Kier molecular flexibility index (Phi) is 5.58. The van der Waals surface area contributed by atoms with E-state index in [1.807, 2.05) is 12.3 Å². The van der Waals surface area contributed by atoms with Crippen molar-refractivity contribution in [1.29, 1.82) is 0 Å². The summed E-state index contributed by atoms with van der Waals surface area (Å²) >= 11 is 1.53. The molecular weight excluding hydrogens is 276 g/mol. The van der Waals surface area contributed by atoms with Crippen LogP contribution in [0.25, 0.3) is 0 Å². The molecule has 0 atom stereocenters. The first-order valence-electron chi connectivity index (χ1n) is 5.22. The summed E-state index contributed by atoms with van der Waals surface area (Å²) in [5.74, 6) is 1.14. The Morgan fingerprint density at radius 2 is 2.00 bits per heavy atom. The Hall–Kier alpha value is -1.11. The maximum Gasteiger partial charge on any atom is 0.238 e. The number of hydrogen-bond acceptors (Lipinski definition) is 5. The molecule has 1 aliphatic rings. The second-order valence-electron chi connectivity index (χ2n) is 3.45. The SMILES string of the molecule is CSc1cc2c(cc1NC(=O)CN)OCCO2.Cl. The lowest BCUT2D eigenvalue weighted by Gasteiger charge is -2.20. The van der Waals surface area contributed by atoms with Crippen LogP contribution < -0.4 is 20.5 Å². The highest BCUT2D eigenvalue weighted by atomic mass is 35.5. The predicted molar refractivity (Wildman–Crippen MR) is 74.1 cm³/mol. The van der Waals surface area contributed by atoms with Gasteiger partial charge in [0.1, 0.15) is 13.2 Å². The van der Waals surface area contributed by atoms with Gasteiger partial charge < -0.3 is 20.5 Å². The fraction of sp³-hybridized carbons (Fsp3) is 0.364. The first kappa shape index (κ1) is 14.9. The zero-order chi connectivity index (χ0) is 12.3. The van der Waals surface area contributed by atoms with Gasteiger partial charge in [0.25, 0.3) is 0 Å². The Bertz CT molecular complexity index is 443. The van der Waals surface area contributed by atoms with Crippen molar-refractivity contribution < 1.29 is 14.3 Å². The van der Waals surface area contributed by atoms with Gasteiger partial charge >= 0.3 is 0 Å². The molecule has 1 heterocycles. The average molecular weight is 291 g/mol. The zero-order valence-corrected chi connectivity index (χ0v) is 11.5. The lowest BCUT2D eigenvalue weighted by Crippen LogP contribution is -2.22. The number of rotatable bonds is 3. The van der Waals surface area contributed by atoms with Gasteiger partial charge in [0.2, 0.25) is 5.91 Å². The van der Waals surface area contributed by atoms with Gasteiger partial charge in [-0.05, 0) is 12.3 Å². The maximum atomic E-state index is 11.3. The van der Waals surface area contributed by atoms with Gasteiger partial charge in [-0.3, -0.25) is 4.79 Å². The summed E-state index contributed by atoms with van der Waals surface area (Å²) in [6, 6.07) is 3.64. The predicted octanol–water partition coefficient (Wildman–Crippen LogP) is 1.50. The topological polar surface area (TPSA) is 73.6 Å². The number of amides is 1. The van der Waals surface area contributed by atoms with Crippen molar-refractivity contribution in [1.82, 2.24) is 0 Å². The molecule has 1 amide bonds. The van der Waals surface area contributed by atoms with Crippen molar-refractivity contribution >= 4 is 35.8 Å². The zero-order valence-electron chi connectivity index (χ0n) is 9.89. The number of ether oxygens (including phenoxy) is 2. The molecule has 0 radical (unpaired) electrons. The summed E-state index contributed by atoms with van der Waals surface area (Å²) in [6.45, 7) is 1.04. The molecule has 0 saturated heterocycles. The summed E-state index contributed by atoms with van der Waals surface area (Å²) in [4.78, 5) is 12.2. The van der Waals surface area contributed by atoms with E-state index < -0.39 is 0 Å². The molecule has 0 bridgehead atoms. The maximum absolute atomic E-state index is 11.3. The Morgan fingerprint density at radius 1 is 1.39 bits per heavy atom. The van der Waals surface area contributed by atoms with Gasteiger partial charge in [0.15, 0.2) is 11.5 Å². The van der Waals surface area contributed by atoms with Gasteiger partial charge in [0.05, 0.1) is 12.2 Å². The van der Waals surface area contributed by atoms with Crippen molar-refractivity contribution in [2.75, 3.05) is 31.3 Å². The van der Waals surface area contributed by atoms with E-state index in [9.17, 15) is 4.79 Å². The monoisotopic (exact) mass is 290 g/mol. The van der Waals surface area contributed by atoms with Crippen LogP contribution in [-0.4, -0.2) is 31.9 Å². The van der Waals surface area contributed by atoms with E-state index in [2.05, 4.69) is 5.32 Å². The number of nitrogens with two attached hydrogens (primary N) is 1. The van der Waals surface area contributed by atoms with Gasteiger partial charge in [-0.1, -0.05) is 0 Å². The van der Waals surface area contributed by atoms with Crippen molar-refractivity contribution in [2.24, 2.45) is 5.73 Å². The molecule has 5 nitrogen and oxygen atoms in total. The van der Waals surface area contributed by atoms with Crippen LogP contribution in [0.15, 0.2) is 17.0 Å². The minimum Gasteiger partial charge on any atom is -0.486 e. The lowest BCUT2D eigenvalue weighted by molar-refractivity contribution is -0.114. The molecule has 0 unspecified atom stereocenters. The number of fused-ring (bicyclic) bond motifs is 1. The van der Waals surface area contributed by atoms with Gasteiger partial charge in [-0.2, -0.15) is 0 Å². The quantitative estimate of drug-likeness (QED) is 0.825. The smallest absolute Gasteiger partial charge is 0.238 e. The van der Waals surface area contributed by atoms with Crippen molar-refractivity contribution in [2.45, 2.75) is 4.90 Å². The molecule has 0 saturated carbocycles. The van der Waals surface area contributed by atoms with Crippen LogP contribution in [0.4, 0.5) is 5.69 Å². The second kappa shape index (κ2) is 6.72. The summed E-state index contributed by atoms with van der Waals surface area (Å²) in [5.41, 5.74) is 5.98. The van der Waals surface area contributed by atoms with E-state index in [0.717, 1.165) is 4.90 Å². The molecule has 1 aromatic carbocycles. The number of thioether (sulfide) groups is 1. The average Bonchev–Trinajstić information content (AvgIpc) is 2.37. The first-order valence-corrected chi connectivity index (χ1v) is 6.44. The number of carbonyl (C=O) groups excluding carboxylic acids is 1. The number of hydrogen-bond donors (Lipinski definition) is 2. The van der Waals surface area contributed by atoms with Crippen LogP contribution in [0.3, 0.4) is 0 Å². The van der Waals surface area contributed by atoms with Crippen LogP contribution in [0, 0.1) is 0 Å². The van der Waals surface area contributed by atoms with Crippen LogP contribution in [0.1, 0.15) is 0 Å². The molecule has 0 fully saturated rings. The summed E-state index contributed by atoms with van der Waals surface area (Å²) in [5, 5.41) is 2.74. The summed E-state index contributed by atoms with van der Waals surface area (Å²) in [6.07, 6.45) is 1.93. The minimum absolute atomic E-state index is 0. The third kappa shape index (κ3) is 3.22. The number of halogens is 1. The van der Waals surface area contributed by atoms with Crippen LogP contribution >= 0.6 is 24.2 Å². The number of carbonyl (C=O) groups is 1. The van der Waals surface area contributed by atoms with Crippen LogP contribution in [0.5, 0.6) is 11.5 Å². The first-order chi connectivity index (χ1) is 8.24. The molecule has 7 heteroatoms. The van der Waals surface area contributed by atoms with Crippen LogP contribution in [-0.2, 0) is 4.79 Å². The molecule has 100 valence electrons. The van der Waals surface area contributed by atoms with Gasteiger partial charge in [0, 0.05) is 11.0 Å². The van der Waals surface area contributed by atoms with E-state index in [1.165, 1.54) is 11.8 Å². The molecule has 18 heavy (non-hydrogen) atoms. The van der Waals surface area contributed by atoms with Crippen molar-refractivity contribution in [3.63, 3.8) is 0 Å². The van der Waals surface area contributed by atoms with Crippen LogP contribution in [0.2, 0.25) is 0 Å². The normalized spacial score (nSPS) is 12.6. The third-order valence-corrected chi connectivity index (χ3v) is 3.10. The minimum atomic E-state index is -0.225. The Balaban J connectivity index is 0.00000162. The third-order valence-electron chi connectivity index (χ3n) is 2.32. The standard InChI is InChI=1S/C11H14N2O3S.ClH/c1-17-10-5-9-8(15-2-3-16-9)4-7(10)13-11(14)6-12;/h4-5H,2-3,6,12H2,1H3,(H,13,14);1H. The van der Waals surface area contributed by atoms with E-state index >= 15 is 0 Å². The summed E-state index contributed by atoms with van der Waals surface area (Å²) in [7, 11) is 0. The number of anilines is 1. The fourth-order valence-corrected chi connectivity index (χ4v) is 2.09. The highest BCUT2D eigenvalue weighted by Crippen LogP contribution is 2.39. The van der Waals surface area contributed by atoms with Gasteiger partial charge in [-0.25, -0.2) is 0 Å². The molecule has 0 aromatic heterocycles. The summed E-state index contributed by atoms with van der Waals surface area (Å²) < 4.78 is 10.9. The lowest BCUT2D eigenvalue weighted by atomic mass is 10.2. The molecular formula is C11H15ClN2O3S. The van der Waals surface area contributed by atoms with Crippen molar-refractivity contribution in [3.05, 3.63) is 12.1 Å². The van der Waals surface area contributed by atoms with Crippen molar-refractivity contribution in [3.8, 4) is 11.5 Å².